The molecule has 0 aliphatic carbocycles. The molecule has 1 aromatic heterocycles. The summed E-state index contributed by atoms with van der Waals surface area (Å²) in [5.41, 5.74) is 1.32. The Labute approximate surface area is 117 Å². The fourth-order valence-corrected chi connectivity index (χ4v) is 1.61. The number of aromatic nitrogens is 1. The topological polar surface area (TPSA) is 51.2 Å². The number of ether oxygens (including phenoxy) is 1. The monoisotopic (exact) mass is 266 g/mol. The largest absolute Gasteiger partial charge is 0.495 e. The standard InChI is InChI=1S/C16H14N2O2/c1-20-15-9-3-2-6-13(15)7-5-11-18-16(19)14-8-4-10-17-12-14/h2-4,6,8-10,12H,11H2,1H3,(H,18,19). The van der Waals surface area contributed by atoms with Gasteiger partial charge in [0.05, 0.1) is 24.8 Å². The molecule has 1 heterocycles. The first-order chi connectivity index (χ1) is 9.81. The molecule has 0 fully saturated rings. The summed E-state index contributed by atoms with van der Waals surface area (Å²) in [6, 6.07) is 10.9. The van der Waals surface area contributed by atoms with E-state index in [0.717, 1.165) is 11.3 Å². The SMILES string of the molecule is COc1ccccc1C#CCNC(=O)c1cccnc1. The third-order valence-corrected chi connectivity index (χ3v) is 2.59. The number of carbonyl (C=O) groups is 1. The summed E-state index contributed by atoms with van der Waals surface area (Å²) in [5.74, 6) is 6.39. The van der Waals surface area contributed by atoms with E-state index in [9.17, 15) is 4.79 Å². The summed E-state index contributed by atoms with van der Waals surface area (Å²) in [6.45, 7) is 0.270. The van der Waals surface area contributed by atoms with E-state index in [0.29, 0.717) is 5.56 Å². The van der Waals surface area contributed by atoms with Crippen molar-refractivity contribution >= 4 is 5.91 Å². The third kappa shape index (κ3) is 3.59. The predicted molar refractivity (Wildman–Crippen MR) is 76.4 cm³/mol. The molecule has 0 aliphatic heterocycles. The van der Waals surface area contributed by atoms with Crippen molar-refractivity contribution in [2.75, 3.05) is 13.7 Å². The lowest BCUT2D eigenvalue weighted by Crippen LogP contribution is -2.23. The van der Waals surface area contributed by atoms with E-state index >= 15 is 0 Å². The number of nitrogens with zero attached hydrogens (tertiary/aromatic N) is 1. The Balaban J connectivity index is 1.94. The molecule has 4 heteroatoms. The molecule has 20 heavy (non-hydrogen) atoms. The molecule has 4 nitrogen and oxygen atoms in total. The van der Waals surface area contributed by atoms with E-state index in [-0.39, 0.29) is 12.5 Å². The van der Waals surface area contributed by atoms with E-state index < -0.39 is 0 Å². The number of carbonyl (C=O) groups excluding carboxylic acids is 1. The van der Waals surface area contributed by atoms with Crippen LogP contribution in [0.2, 0.25) is 0 Å². The fraction of sp³-hybridized carbons (Fsp3) is 0.125. The lowest BCUT2D eigenvalue weighted by molar-refractivity contribution is 0.0958. The molecule has 0 spiro atoms. The fourth-order valence-electron chi connectivity index (χ4n) is 1.61. The summed E-state index contributed by atoms with van der Waals surface area (Å²) in [6.07, 6.45) is 3.14. The number of amides is 1. The highest BCUT2D eigenvalue weighted by Gasteiger charge is 2.02. The highest BCUT2D eigenvalue weighted by atomic mass is 16.5. The van der Waals surface area contributed by atoms with Crippen molar-refractivity contribution in [1.82, 2.24) is 10.3 Å². The number of methoxy groups -OCH3 is 1. The molecular weight excluding hydrogens is 252 g/mol. The Morgan fingerprint density at radius 3 is 2.90 bits per heavy atom. The summed E-state index contributed by atoms with van der Waals surface area (Å²) in [7, 11) is 1.60. The highest BCUT2D eigenvalue weighted by molar-refractivity contribution is 5.93. The van der Waals surface area contributed by atoms with Gasteiger partial charge in [-0.3, -0.25) is 9.78 Å². The number of hydrogen-bond donors (Lipinski definition) is 1. The molecule has 0 bridgehead atoms. The molecule has 0 saturated heterocycles. The highest BCUT2D eigenvalue weighted by Crippen LogP contribution is 2.15. The minimum Gasteiger partial charge on any atom is -0.495 e. The van der Waals surface area contributed by atoms with Crippen LogP contribution < -0.4 is 10.1 Å². The Morgan fingerprint density at radius 2 is 2.15 bits per heavy atom. The van der Waals surface area contributed by atoms with Gasteiger partial charge in [0.2, 0.25) is 0 Å². The predicted octanol–water partition coefficient (Wildman–Crippen LogP) is 1.87. The first-order valence-electron chi connectivity index (χ1n) is 6.11. The molecule has 0 radical (unpaired) electrons. The molecule has 1 N–H and O–H groups in total. The van der Waals surface area contributed by atoms with Gasteiger partial charge in [0.25, 0.3) is 5.91 Å². The number of nitrogens with one attached hydrogen (secondary N) is 1. The number of benzene rings is 1. The van der Waals surface area contributed by atoms with Gasteiger partial charge in [-0.2, -0.15) is 0 Å². The van der Waals surface area contributed by atoms with Gasteiger partial charge in [-0.1, -0.05) is 24.0 Å². The van der Waals surface area contributed by atoms with Crippen molar-refractivity contribution < 1.29 is 9.53 Å². The molecule has 0 atom stereocenters. The van der Waals surface area contributed by atoms with Crippen molar-refractivity contribution in [3.05, 3.63) is 59.9 Å². The number of para-hydroxylation sites is 1. The van der Waals surface area contributed by atoms with Crippen molar-refractivity contribution in [3.8, 4) is 17.6 Å². The zero-order valence-corrected chi connectivity index (χ0v) is 11.1. The molecule has 2 aromatic rings. The minimum atomic E-state index is -0.188. The van der Waals surface area contributed by atoms with E-state index in [1.807, 2.05) is 24.3 Å². The second kappa shape index (κ2) is 6.95. The van der Waals surface area contributed by atoms with Crippen molar-refractivity contribution in [3.63, 3.8) is 0 Å². The van der Waals surface area contributed by atoms with Gasteiger partial charge in [0, 0.05) is 12.4 Å². The first-order valence-corrected chi connectivity index (χ1v) is 6.11. The zero-order valence-electron chi connectivity index (χ0n) is 11.1. The van der Waals surface area contributed by atoms with E-state index in [4.69, 9.17) is 4.74 Å². The van der Waals surface area contributed by atoms with Gasteiger partial charge in [0.1, 0.15) is 5.75 Å². The Bertz CT molecular complexity index is 642. The lowest BCUT2D eigenvalue weighted by Gasteiger charge is -2.01. The molecule has 0 saturated carbocycles. The second-order valence-electron chi connectivity index (χ2n) is 3.93. The van der Waals surface area contributed by atoms with Crippen LogP contribution in [0.25, 0.3) is 0 Å². The molecule has 0 aliphatic rings. The average molecular weight is 266 g/mol. The number of pyridine rings is 1. The molecule has 1 amide bonds. The normalized spacial score (nSPS) is 9.25. The van der Waals surface area contributed by atoms with Crippen LogP contribution in [0.1, 0.15) is 15.9 Å². The van der Waals surface area contributed by atoms with Crippen molar-refractivity contribution in [2.45, 2.75) is 0 Å². The van der Waals surface area contributed by atoms with Gasteiger partial charge in [-0.25, -0.2) is 0 Å². The Kier molecular flexibility index (Phi) is 4.74. The summed E-state index contributed by atoms with van der Waals surface area (Å²) >= 11 is 0. The quantitative estimate of drug-likeness (QED) is 0.863. The van der Waals surface area contributed by atoms with Crippen LogP contribution >= 0.6 is 0 Å². The van der Waals surface area contributed by atoms with Gasteiger partial charge in [-0.05, 0) is 24.3 Å². The maximum Gasteiger partial charge on any atom is 0.253 e. The second-order valence-corrected chi connectivity index (χ2v) is 3.93. The maximum atomic E-state index is 11.7. The summed E-state index contributed by atoms with van der Waals surface area (Å²) in [4.78, 5) is 15.6. The Morgan fingerprint density at radius 1 is 1.30 bits per heavy atom. The average Bonchev–Trinajstić information content (AvgIpc) is 2.52. The van der Waals surface area contributed by atoms with Crippen molar-refractivity contribution in [2.24, 2.45) is 0 Å². The first kappa shape index (κ1) is 13.6. The minimum absolute atomic E-state index is 0.188. The Hall–Kier alpha value is -2.80. The lowest BCUT2D eigenvalue weighted by atomic mass is 10.2. The smallest absolute Gasteiger partial charge is 0.253 e. The van der Waals surface area contributed by atoms with E-state index in [1.165, 1.54) is 6.20 Å². The molecule has 1 aromatic carbocycles. The van der Waals surface area contributed by atoms with Crippen LogP contribution in [0, 0.1) is 11.8 Å². The number of rotatable bonds is 3. The summed E-state index contributed by atoms with van der Waals surface area (Å²) in [5, 5.41) is 2.71. The van der Waals surface area contributed by atoms with E-state index in [2.05, 4.69) is 22.1 Å². The van der Waals surface area contributed by atoms with Gasteiger partial charge in [-0.15, -0.1) is 0 Å². The third-order valence-electron chi connectivity index (χ3n) is 2.59. The molecular formula is C16H14N2O2. The van der Waals surface area contributed by atoms with Crippen LogP contribution in [-0.2, 0) is 0 Å². The molecule has 0 unspecified atom stereocenters. The van der Waals surface area contributed by atoms with Gasteiger partial charge in [0.15, 0.2) is 0 Å². The van der Waals surface area contributed by atoms with E-state index in [1.54, 1.807) is 25.4 Å². The van der Waals surface area contributed by atoms with Crippen LogP contribution in [0.15, 0.2) is 48.8 Å². The van der Waals surface area contributed by atoms with Crippen LogP contribution in [0.3, 0.4) is 0 Å². The molecule has 2 rings (SSSR count). The van der Waals surface area contributed by atoms with Crippen LogP contribution in [-0.4, -0.2) is 24.5 Å². The zero-order chi connectivity index (χ0) is 14.2. The van der Waals surface area contributed by atoms with Crippen LogP contribution in [0.4, 0.5) is 0 Å². The maximum absolute atomic E-state index is 11.7. The van der Waals surface area contributed by atoms with Gasteiger partial charge < -0.3 is 10.1 Å². The molecule has 100 valence electrons. The summed E-state index contributed by atoms with van der Waals surface area (Å²) < 4.78 is 5.19. The van der Waals surface area contributed by atoms with Crippen LogP contribution in [0.5, 0.6) is 5.75 Å². The number of hydrogen-bond acceptors (Lipinski definition) is 3. The van der Waals surface area contributed by atoms with Gasteiger partial charge >= 0.3 is 0 Å². The van der Waals surface area contributed by atoms with Crippen molar-refractivity contribution in [1.29, 1.82) is 0 Å².